The minimum Gasteiger partial charge on any atom is -0.342 e. The van der Waals surface area contributed by atoms with Gasteiger partial charge in [-0.25, -0.2) is 0 Å². The van der Waals surface area contributed by atoms with Gasteiger partial charge >= 0.3 is 0 Å². The average molecular weight is 353 g/mol. The third kappa shape index (κ3) is 3.47. The number of nitrogens with one attached hydrogen (secondary N) is 1. The molecule has 0 aliphatic carbocycles. The van der Waals surface area contributed by atoms with Crippen LogP contribution in [0, 0.1) is 11.8 Å². The van der Waals surface area contributed by atoms with Gasteiger partial charge < -0.3 is 9.80 Å². The number of anilines is 1. The van der Waals surface area contributed by atoms with Crippen LogP contribution >= 0.6 is 0 Å². The van der Waals surface area contributed by atoms with Crippen LogP contribution in [0.15, 0.2) is 36.9 Å². The van der Waals surface area contributed by atoms with Crippen molar-refractivity contribution >= 4 is 17.5 Å². The summed E-state index contributed by atoms with van der Waals surface area (Å²) in [6.07, 6.45) is 10.3. The number of amides is 2. The van der Waals surface area contributed by atoms with E-state index >= 15 is 0 Å². The zero-order chi connectivity index (χ0) is 17.9. The number of aromatic amines is 1. The molecule has 0 aromatic carbocycles. The van der Waals surface area contributed by atoms with E-state index in [1.807, 2.05) is 17.3 Å². The van der Waals surface area contributed by atoms with Gasteiger partial charge in [-0.3, -0.25) is 19.7 Å². The first-order valence-electron chi connectivity index (χ1n) is 9.17. The van der Waals surface area contributed by atoms with E-state index in [0.29, 0.717) is 18.9 Å². The van der Waals surface area contributed by atoms with Gasteiger partial charge in [0.25, 0.3) is 0 Å². The summed E-state index contributed by atoms with van der Waals surface area (Å²) >= 11 is 0. The van der Waals surface area contributed by atoms with Gasteiger partial charge in [0.1, 0.15) is 0 Å². The number of rotatable bonds is 4. The molecule has 136 valence electrons. The zero-order valence-electron chi connectivity index (χ0n) is 14.7. The van der Waals surface area contributed by atoms with Crippen molar-refractivity contribution in [2.24, 2.45) is 11.8 Å². The third-order valence-electron chi connectivity index (χ3n) is 5.47. The second-order valence-corrected chi connectivity index (χ2v) is 7.19. The Labute approximate surface area is 152 Å². The minimum atomic E-state index is -0.242. The zero-order valence-corrected chi connectivity index (χ0v) is 14.7. The highest BCUT2D eigenvalue weighted by Crippen LogP contribution is 2.28. The predicted molar refractivity (Wildman–Crippen MR) is 96.3 cm³/mol. The van der Waals surface area contributed by atoms with Crippen LogP contribution < -0.4 is 4.90 Å². The number of hydrogen-bond acceptors (Lipinski definition) is 4. The monoisotopic (exact) mass is 353 g/mol. The molecule has 1 N–H and O–H groups in total. The largest absolute Gasteiger partial charge is 0.342 e. The molecule has 0 spiro atoms. The Morgan fingerprint density at radius 2 is 2.00 bits per heavy atom. The summed E-state index contributed by atoms with van der Waals surface area (Å²) in [4.78, 5) is 32.7. The van der Waals surface area contributed by atoms with Gasteiger partial charge in [-0.15, -0.1) is 0 Å². The maximum absolute atomic E-state index is 12.8. The van der Waals surface area contributed by atoms with E-state index in [4.69, 9.17) is 0 Å². The summed E-state index contributed by atoms with van der Waals surface area (Å²) in [6, 6.07) is 4.12. The van der Waals surface area contributed by atoms with Crippen LogP contribution in [-0.4, -0.2) is 51.5 Å². The SMILES string of the molecule is O=C(C1CC(=O)N(c2cn[nH]c2)C1)N1CCC(Cc2ccncc2)CC1. The van der Waals surface area contributed by atoms with Crippen molar-refractivity contribution in [2.45, 2.75) is 25.7 Å². The molecule has 0 bridgehead atoms. The lowest BCUT2D eigenvalue weighted by Gasteiger charge is -2.33. The maximum atomic E-state index is 12.8. The molecule has 7 heteroatoms. The molecule has 1 atom stereocenters. The Kier molecular flexibility index (Phi) is 4.69. The van der Waals surface area contributed by atoms with E-state index < -0.39 is 0 Å². The molecule has 2 aromatic rings. The molecule has 2 aliphatic rings. The summed E-state index contributed by atoms with van der Waals surface area (Å²) in [5.41, 5.74) is 2.04. The quantitative estimate of drug-likeness (QED) is 0.906. The summed E-state index contributed by atoms with van der Waals surface area (Å²) in [7, 11) is 0. The molecular formula is C19H23N5O2. The fourth-order valence-corrected chi connectivity index (χ4v) is 3.98. The molecule has 4 rings (SSSR count). The molecule has 26 heavy (non-hydrogen) atoms. The van der Waals surface area contributed by atoms with Gasteiger partial charge in [0.2, 0.25) is 11.8 Å². The Morgan fingerprint density at radius 3 is 2.69 bits per heavy atom. The molecule has 2 fully saturated rings. The Morgan fingerprint density at radius 1 is 1.23 bits per heavy atom. The number of aromatic nitrogens is 3. The van der Waals surface area contributed by atoms with Gasteiger partial charge in [0.05, 0.1) is 17.8 Å². The molecule has 2 saturated heterocycles. The number of H-pyrrole nitrogens is 1. The van der Waals surface area contributed by atoms with E-state index in [0.717, 1.165) is 38.0 Å². The lowest BCUT2D eigenvalue weighted by Crippen LogP contribution is -2.42. The molecular weight excluding hydrogens is 330 g/mol. The minimum absolute atomic E-state index is 0.00248. The second-order valence-electron chi connectivity index (χ2n) is 7.19. The van der Waals surface area contributed by atoms with Crippen LogP contribution in [0.1, 0.15) is 24.8 Å². The van der Waals surface area contributed by atoms with Crippen LogP contribution in [0.2, 0.25) is 0 Å². The van der Waals surface area contributed by atoms with Gasteiger partial charge in [0, 0.05) is 44.6 Å². The van der Waals surface area contributed by atoms with Crippen LogP contribution in [0.4, 0.5) is 5.69 Å². The average Bonchev–Trinajstić information content (AvgIpc) is 3.32. The number of nitrogens with zero attached hydrogens (tertiary/aromatic N) is 4. The van der Waals surface area contributed by atoms with Gasteiger partial charge in [0.15, 0.2) is 0 Å². The highest BCUT2D eigenvalue weighted by atomic mass is 16.2. The highest BCUT2D eigenvalue weighted by Gasteiger charge is 2.38. The Bertz CT molecular complexity index is 754. The molecule has 7 nitrogen and oxygen atoms in total. The van der Waals surface area contributed by atoms with Gasteiger partial charge in [-0.2, -0.15) is 5.10 Å². The first-order chi connectivity index (χ1) is 12.7. The standard InChI is InChI=1S/C19H23N5O2/c25-18-10-16(13-24(18)17-11-21-22-12-17)19(26)23-7-3-15(4-8-23)9-14-1-5-20-6-2-14/h1-2,5-6,11-12,15-16H,3-4,7-10,13H2,(H,21,22). The van der Waals surface area contributed by atoms with Crippen molar-refractivity contribution in [1.82, 2.24) is 20.1 Å². The number of piperidine rings is 1. The summed E-state index contributed by atoms with van der Waals surface area (Å²) in [5, 5.41) is 6.60. The number of hydrogen-bond donors (Lipinski definition) is 1. The topological polar surface area (TPSA) is 82.2 Å². The van der Waals surface area contributed by atoms with Crippen molar-refractivity contribution < 1.29 is 9.59 Å². The van der Waals surface area contributed by atoms with Crippen LogP contribution in [-0.2, 0) is 16.0 Å². The second kappa shape index (κ2) is 7.27. The van der Waals surface area contributed by atoms with E-state index in [-0.39, 0.29) is 17.7 Å². The predicted octanol–water partition coefficient (Wildman–Crippen LogP) is 1.64. The summed E-state index contributed by atoms with van der Waals surface area (Å²) in [5.74, 6) is 0.479. The van der Waals surface area contributed by atoms with Crippen LogP contribution in [0.3, 0.4) is 0 Å². The fraction of sp³-hybridized carbons (Fsp3) is 0.474. The van der Waals surface area contributed by atoms with Crippen LogP contribution in [0.25, 0.3) is 0 Å². The van der Waals surface area contributed by atoms with Gasteiger partial charge in [-0.05, 0) is 42.9 Å². The molecule has 2 amide bonds. The Hall–Kier alpha value is -2.70. The van der Waals surface area contributed by atoms with E-state index in [9.17, 15) is 9.59 Å². The molecule has 1 unspecified atom stereocenters. The van der Waals surface area contributed by atoms with Crippen LogP contribution in [0.5, 0.6) is 0 Å². The molecule has 2 aromatic heterocycles. The van der Waals surface area contributed by atoms with Crippen molar-refractivity contribution in [3.8, 4) is 0 Å². The van der Waals surface area contributed by atoms with Crippen molar-refractivity contribution in [3.05, 3.63) is 42.5 Å². The number of carbonyl (C=O) groups is 2. The first-order valence-corrected chi connectivity index (χ1v) is 9.17. The third-order valence-corrected chi connectivity index (χ3v) is 5.47. The highest BCUT2D eigenvalue weighted by molar-refractivity contribution is 6.00. The molecule has 4 heterocycles. The summed E-state index contributed by atoms with van der Waals surface area (Å²) < 4.78 is 0. The van der Waals surface area contributed by atoms with Gasteiger partial charge in [-0.1, -0.05) is 0 Å². The summed E-state index contributed by atoms with van der Waals surface area (Å²) in [6.45, 7) is 2.02. The fourth-order valence-electron chi connectivity index (χ4n) is 3.98. The first kappa shape index (κ1) is 16.8. The van der Waals surface area contributed by atoms with Crippen molar-refractivity contribution in [2.75, 3.05) is 24.5 Å². The number of pyridine rings is 1. The molecule has 0 saturated carbocycles. The number of likely N-dealkylation sites (tertiary alicyclic amines) is 1. The lowest BCUT2D eigenvalue weighted by molar-refractivity contribution is -0.137. The molecule has 2 aliphatic heterocycles. The van der Waals surface area contributed by atoms with E-state index in [1.165, 1.54) is 5.56 Å². The lowest BCUT2D eigenvalue weighted by atomic mass is 9.90. The van der Waals surface area contributed by atoms with E-state index in [1.54, 1.807) is 17.3 Å². The molecule has 0 radical (unpaired) electrons. The Balaban J connectivity index is 1.30. The van der Waals surface area contributed by atoms with Crippen molar-refractivity contribution in [1.29, 1.82) is 0 Å². The number of carbonyl (C=O) groups excluding carboxylic acids is 2. The van der Waals surface area contributed by atoms with Crippen molar-refractivity contribution in [3.63, 3.8) is 0 Å². The smallest absolute Gasteiger partial charge is 0.228 e. The maximum Gasteiger partial charge on any atom is 0.228 e. The van der Waals surface area contributed by atoms with E-state index in [2.05, 4.69) is 27.3 Å². The normalized spacial score (nSPS) is 21.4.